The van der Waals surface area contributed by atoms with E-state index in [1.807, 2.05) is 6.92 Å². The average Bonchev–Trinajstić information content (AvgIpc) is 2.90. The maximum atomic E-state index is 12.1. The summed E-state index contributed by atoms with van der Waals surface area (Å²) in [7, 11) is 0. The quantitative estimate of drug-likeness (QED) is 0.839. The van der Waals surface area contributed by atoms with Crippen LogP contribution in [0.2, 0.25) is 0 Å². The summed E-state index contributed by atoms with van der Waals surface area (Å²) in [5.74, 6) is 0.0927. The minimum absolute atomic E-state index is 0.0413. The molecule has 2 aromatic rings. The van der Waals surface area contributed by atoms with Gasteiger partial charge in [0.05, 0.1) is 18.4 Å². The lowest BCUT2D eigenvalue weighted by Gasteiger charge is -2.21. The largest absolute Gasteiger partial charge is 0.466 e. The van der Waals surface area contributed by atoms with E-state index < -0.39 is 5.60 Å². The lowest BCUT2D eigenvalue weighted by molar-refractivity contribution is 0.0330. The van der Waals surface area contributed by atoms with Gasteiger partial charge in [0.1, 0.15) is 16.0 Å². The van der Waals surface area contributed by atoms with E-state index in [4.69, 9.17) is 4.42 Å². The Morgan fingerprint density at radius 1 is 1.50 bits per heavy atom. The second kappa shape index (κ2) is 5.76. The van der Waals surface area contributed by atoms with E-state index in [0.29, 0.717) is 15.9 Å². The van der Waals surface area contributed by atoms with E-state index in [9.17, 15) is 9.90 Å². The first kappa shape index (κ1) is 14.7. The minimum Gasteiger partial charge on any atom is -0.466 e. The predicted octanol–water partition coefficient (Wildman–Crippen LogP) is 2.38. The van der Waals surface area contributed by atoms with Crippen molar-refractivity contribution in [2.45, 2.75) is 19.4 Å². The van der Waals surface area contributed by atoms with Crippen LogP contribution in [-0.2, 0) is 5.60 Å². The highest BCUT2D eigenvalue weighted by Crippen LogP contribution is 2.20. The summed E-state index contributed by atoms with van der Waals surface area (Å²) in [5.41, 5.74) is -0.0223. The third kappa shape index (κ3) is 3.26. The molecule has 0 aromatic carbocycles. The Balaban J connectivity index is 2.05. The van der Waals surface area contributed by atoms with Gasteiger partial charge in [-0.3, -0.25) is 4.79 Å². The van der Waals surface area contributed by atoms with Crippen LogP contribution in [-0.4, -0.2) is 22.5 Å². The third-order valence-electron chi connectivity index (χ3n) is 2.88. The molecule has 1 amide bonds. The predicted molar refractivity (Wildman–Crippen MR) is 77.3 cm³/mol. The van der Waals surface area contributed by atoms with Crippen LogP contribution in [0.4, 0.5) is 0 Å². The molecular formula is C14H15BrN2O3. The minimum atomic E-state index is -1.26. The monoisotopic (exact) mass is 338 g/mol. The second-order valence-electron chi connectivity index (χ2n) is 4.72. The van der Waals surface area contributed by atoms with E-state index >= 15 is 0 Å². The zero-order chi connectivity index (χ0) is 14.8. The Labute approximate surface area is 125 Å². The van der Waals surface area contributed by atoms with Gasteiger partial charge in [-0.15, -0.1) is 0 Å². The van der Waals surface area contributed by atoms with Gasteiger partial charge in [0.2, 0.25) is 0 Å². The summed E-state index contributed by atoms with van der Waals surface area (Å²) < 4.78 is 5.63. The lowest BCUT2D eigenvalue weighted by atomic mass is 10.0. The molecule has 0 aliphatic rings. The summed E-state index contributed by atoms with van der Waals surface area (Å²) >= 11 is 3.25. The highest BCUT2D eigenvalue weighted by molar-refractivity contribution is 9.10. The molecule has 0 spiro atoms. The van der Waals surface area contributed by atoms with Crippen LogP contribution in [0.1, 0.15) is 28.7 Å². The van der Waals surface area contributed by atoms with E-state index in [1.54, 1.807) is 31.2 Å². The fraction of sp³-hybridized carbons (Fsp3) is 0.286. The number of halogens is 1. The van der Waals surface area contributed by atoms with Crippen molar-refractivity contribution in [2.75, 3.05) is 6.54 Å². The highest BCUT2D eigenvalue weighted by atomic mass is 79.9. The molecule has 106 valence electrons. The van der Waals surface area contributed by atoms with E-state index in [-0.39, 0.29) is 12.5 Å². The van der Waals surface area contributed by atoms with Crippen LogP contribution in [0.5, 0.6) is 0 Å². The SMILES string of the molecule is Cc1ccc(C(=O)NCC(C)(O)c2ccco2)c(Br)n1. The number of aryl methyl sites for hydroxylation is 1. The summed E-state index contributed by atoms with van der Waals surface area (Å²) in [6.07, 6.45) is 1.48. The van der Waals surface area contributed by atoms with Gasteiger partial charge in [-0.25, -0.2) is 4.98 Å². The number of carbonyl (C=O) groups excluding carboxylic acids is 1. The molecule has 0 saturated heterocycles. The summed E-state index contributed by atoms with van der Waals surface area (Å²) in [4.78, 5) is 16.2. The highest BCUT2D eigenvalue weighted by Gasteiger charge is 2.27. The number of nitrogens with zero attached hydrogens (tertiary/aromatic N) is 1. The molecule has 0 aliphatic heterocycles. The van der Waals surface area contributed by atoms with Gasteiger partial charge < -0.3 is 14.8 Å². The van der Waals surface area contributed by atoms with Gasteiger partial charge in [0.15, 0.2) is 0 Å². The number of rotatable bonds is 4. The van der Waals surface area contributed by atoms with Crippen molar-refractivity contribution in [3.8, 4) is 0 Å². The van der Waals surface area contributed by atoms with Crippen molar-refractivity contribution in [1.82, 2.24) is 10.3 Å². The molecular weight excluding hydrogens is 324 g/mol. The first-order valence-electron chi connectivity index (χ1n) is 6.08. The van der Waals surface area contributed by atoms with Crippen LogP contribution in [0.25, 0.3) is 0 Å². The molecule has 2 rings (SSSR count). The second-order valence-corrected chi connectivity index (χ2v) is 5.48. The van der Waals surface area contributed by atoms with Crippen molar-refractivity contribution in [2.24, 2.45) is 0 Å². The van der Waals surface area contributed by atoms with Crippen molar-refractivity contribution < 1.29 is 14.3 Å². The Bertz CT molecular complexity index is 609. The van der Waals surface area contributed by atoms with Gasteiger partial charge in [-0.1, -0.05) is 0 Å². The molecule has 1 unspecified atom stereocenters. The number of hydrogen-bond donors (Lipinski definition) is 2. The Morgan fingerprint density at radius 2 is 2.25 bits per heavy atom. The lowest BCUT2D eigenvalue weighted by Crippen LogP contribution is -2.38. The molecule has 0 bridgehead atoms. The molecule has 2 heterocycles. The Kier molecular flexibility index (Phi) is 4.25. The first-order chi connectivity index (χ1) is 9.40. The molecule has 5 nitrogen and oxygen atoms in total. The van der Waals surface area contributed by atoms with Gasteiger partial charge in [0.25, 0.3) is 5.91 Å². The van der Waals surface area contributed by atoms with Gasteiger partial charge in [-0.05, 0) is 54.0 Å². The zero-order valence-corrected chi connectivity index (χ0v) is 12.8. The average molecular weight is 339 g/mol. The molecule has 2 aromatic heterocycles. The smallest absolute Gasteiger partial charge is 0.254 e. The van der Waals surface area contributed by atoms with Crippen molar-refractivity contribution in [3.05, 3.63) is 52.1 Å². The number of pyridine rings is 1. The van der Waals surface area contributed by atoms with E-state index in [0.717, 1.165) is 5.69 Å². The molecule has 0 fully saturated rings. The van der Waals surface area contributed by atoms with Gasteiger partial charge >= 0.3 is 0 Å². The van der Waals surface area contributed by atoms with Crippen LogP contribution in [0, 0.1) is 6.92 Å². The molecule has 6 heteroatoms. The third-order valence-corrected chi connectivity index (χ3v) is 3.48. The Morgan fingerprint density at radius 3 is 2.85 bits per heavy atom. The van der Waals surface area contributed by atoms with Crippen molar-refractivity contribution >= 4 is 21.8 Å². The number of aliphatic hydroxyl groups is 1. The number of hydrogen-bond acceptors (Lipinski definition) is 4. The van der Waals surface area contributed by atoms with Crippen LogP contribution >= 0.6 is 15.9 Å². The Hall–Kier alpha value is -1.66. The van der Waals surface area contributed by atoms with Crippen LogP contribution in [0.3, 0.4) is 0 Å². The number of furan rings is 1. The molecule has 0 aliphatic carbocycles. The van der Waals surface area contributed by atoms with E-state index in [1.165, 1.54) is 6.26 Å². The normalized spacial score (nSPS) is 13.8. The number of nitrogens with one attached hydrogen (secondary N) is 1. The fourth-order valence-corrected chi connectivity index (χ4v) is 2.31. The number of aromatic nitrogens is 1. The first-order valence-corrected chi connectivity index (χ1v) is 6.87. The fourth-order valence-electron chi connectivity index (χ4n) is 1.71. The topological polar surface area (TPSA) is 75.4 Å². The van der Waals surface area contributed by atoms with Crippen LogP contribution < -0.4 is 5.32 Å². The van der Waals surface area contributed by atoms with Gasteiger partial charge in [0, 0.05) is 5.69 Å². The number of carbonyl (C=O) groups is 1. The molecule has 20 heavy (non-hydrogen) atoms. The summed E-state index contributed by atoms with van der Waals surface area (Å²) in [5, 5.41) is 12.9. The number of amides is 1. The van der Waals surface area contributed by atoms with Crippen molar-refractivity contribution in [1.29, 1.82) is 0 Å². The standard InChI is InChI=1S/C14H15BrN2O3/c1-9-5-6-10(12(15)17-9)13(18)16-8-14(2,19)11-4-3-7-20-11/h3-7,19H,8H2,1-2H3,(H,16,18). The summed E-state index contributed by atoms with van der Waals surface area (Å²) in [6, 6.07) is 6.79. The van der Waals surface area contributed by atoms with E-state index in [2.05, 4.69) is 26.2 Å². The zero-order valence-electron chi connectivity index (χ0n) is 11.2. The maximum absolute atomic E-state index is 12.1. The molecule has 0 radical (unpaired) electrons. The maximum Gasteiger partial charge on any atom is 0.254 e. The van der Waals surface area contributed by atoms with Crippen molar-refractivity contribution in [3.63, 3.8) is 0 Å². The molecule has 2 N–H and O–H groups in total. The molecule has 0 saturated carbocycles. The summed E-state index contributed by atoms with van der Waals surface area (Å²) in [6.45, 7) is 3.46. The van der Waals surface area contributed by atoms with Crippen LogP contribution in [0.15, 0.2) is 39.5 Å². The van der Waals surface area contributed by atoms with Gasteiger partial charge in [-0.2, -0.15) is 0 Å². The molecule has 1 atom stereocenters.